The van der Waals surface area contributed by atoms with Gasteiger partial charge in [0.15, 0.2) is 0 Å². The second-order valence-electron chi connectivity index (χ2n) is 8.44. The van der Waals surface area contributed by atoms with Crippen molar-refractivity contribution in [1.82, 2.24) is 24.6 Å². The Balaban J connectivity index is 1.50. The fourth-order valence-corrected chi connectivity index (χ4v) is 4.51. The molecule has 1 fully saturated rings. The monoisotopic (exact) mass is 462 g/mol. The number of imidazole rings is 1. The summed E-state index contributed by atoms with van der Waals surface area (Å²) in [5, 5.41) is 10.5. The highest BCUT2D eigenvalue weighted by Crippen LogP contribution is 2.32. The Hall–Kier alpha value is -3.95. The molecule has 10 nitrogen and oxygen atoms in total. The Kier molecular flexibility index (Phi) is 6.11. The molecule has 176 valence electrons. The van der Waals surface area contributed by atoms with Crippen LogP contribution < -0.4 is 5.32 Å². The van der Waals surface area contributed by atoms with Crippen LogP contribution in [-0.4, -0.2) is 62.8 Å². The number of nitrogens with zero attached hydrogens (tertiary/aromatic N) is 5. The van der Waals surface area contributed by atoms with Gasteiger partial charge in [-0.1, -0.05) is 12.1 Å². The van der Waals surface area contributed by atoms with Gasteiger partial charge in [-0.25, -0.2) is 4.98 Å². The van der Waals surface area contributed by atoms with Crippen LogP contribution in [0.3, 0.4) is 0 Å². The highest BCUT2D eigenvalue weighted by molar-refractivity contribution is 6.04. The van der Waals surface area contributed by atoms with Crippen LogP contribution in [0.5, 0.6) is 0 Å². The highest BCUT2D eigenvalue weighted by Gasteiger charge is 2.30. The van der Waals surface area contributed by atoms with Crippen LogP contribution in [0.1, 0.15) is 41.2 Å². The van der Waals surface area contributed by atoms with E-state index in [1.807, 2.05) is 25.1 Å². The van der Waals surface area contributed by atoms with Crippen molar-refractivity contribution >= 4 is 28.8 Å². The highest BCUT2D eigenvalue weighted by atomic mass is 16.6. The van der Waals surface area contributed by atoms with E-state index in [1.54, 1.807) is 11.0 Å². The Morgan fingerprint density at radius 1 is 1.15 bits per heavy atom. The zero-order chi connectivity index (χ0) is 23.5. The average molecular weight is 463 g/mol. The van der Waals surface area contributed by atoms with Gasteiger partial charge in [0.1, 0.15) is 19.5 Å². The fraction of sp³-hybridized carbons (Fsp3) is 0.375. The number of nitrogens with one attached hydrogen (secondary N) is 1. The van der Waals surface area contributed by atoms with E-state index in [0.29, 0.717) is 37.8 Å². The van der Waals surface area contributed by atoms with Gasteiger partial charge in [-0.2, -0.15) is 10.2 Å². The van der Waals surface area contributed by atoms with Crippen molar-refractivity contribution < 1.29 is 19.1 Å². The molecule has 1 unspecified atom stereocenters. The number of carbonyl (C=O) groups excluding carboxylic acids is 2. The van der Waals surface area contributed by atoms with Crippen LogP contribution in [0.2, 0.25) is 0 Å². The number of amides is 2. The molecule has 3 aromatic rings. The van der Waals surface area contributed by atoms with Crippen molar-refractivity contribution in [3.05, 3.63) is 59.8 Å². The molecule has 0 aliphatic carbocycles. The second kappa shape index (κ2) is 9.50. The van der Waals surface area contributed by atoms with Crippen molar-refractivity contribution in [3.8, 4) is 0 Å². The number of para-hydroxylation sites is 1. The van der Waals surface area contributed by atoms with Gasteiger partial charge in [0.2, 0.25) is 11.7 Å². The standard InChI is InChI=1S/C24H26N6O4/c1-16-5-4-7-19-21(16)30(24(27-19)28-22(31)17-8-9-25-26-13-17)18-6-2-3-10-29(14-18)23(32)20-15-33-11-12-34-20/h4-5,7-9,13,15,18H,2-3,6,10-12,14H2,1H3,(H,27,28,31). The maximum absolute atomic E-state index is 13.1. The van der Waals surface area contributed by atoms with Gasteiger partial charge < -0.3 is 18.9 Å². The first kappa shape index (κ1) is 21.9. The fourth-order valence-electron chi connectivity index (χ4n) is 4.51. The predicted molar refractivity (Wildman–Crippen MR) is 124 cm³/mol. The summed E-state index contributed by atoms with van der Waals surface area (Å²) in [6.45, 7) is 3.93. The van der Waals surface area contributed by atoms with E-state index in [4.69, 9.17) is 14.5 Å². The van der Waals surface area contributed by atoms with Gasteiger partial charge in [-0.3, -0.25) is 14.9 Å². The van der Waals surface area contributed by atoms with E-state index in [2.05, 4.69) is 20.1 Å². The Bertz CT molecular complexity index is 1240. The van der Waals surface area contributed by atoms with E-state index in [0.717, 1.165) is 35.9 Å². The summed E-state index contributed by atoms with van der Waals surface area (Å²) >= 11 is 0. The zero-order valence-corrected chi connectivity index (χ0v) is 18.9. The first-order valence-corrected chi connectivity index (χ1v) is 11.4. The van der Waals surface area contributed by atoms with Gasteiger partial charge in [0.05, 0.1) is 35.0 Å². The third-order valence-corrected chi connectivity index (χ3v) is 6.14. The number of aromatic nitrogens is 4. The lowest BCUT2D eigenvalue weighted by Crippen LogP contribution is -2.38. The van der Waals surface area contributed by atoms with Crippen molar-refractivity contribution in [1.29, 1.82) is 0 Å². The quantitative estimate of drug-likeness (QED) is 0.635. The summed E-state index contributed by atoms with van der Waals surface area (Å²) in [4.78, 5) is 32.6. The molecular weight excluding hydrogens is 436 g/mol. The van der Waals surface area contributed by atoms with Crippen molar-refractivity contribution in [2.45, 2.75) is 32.2 Å². The topological polar surface area (TPSA) is 111 Å². The normalized spacial score (nSPS) is 18.4. The summed E-state index contributed by atoms with van der Waals surface area (Å²) in [5.74, 6) is 0.184. The lowest BCUT2D eigenvalue weighted by molar-refractivity contribution is -0.132. The average Bonchev–Trinajstić information content (AvgIpc) is 3.07. The lowest BCUT2D eigenvalue weighted by atomic mass is 10.1. The van der Waals surface area contributed by atoms with Gasteiger partial charge in [0, 0.05) is 13.1 Å². The largest absolute Gasteiger partial charge is 0.494 e. The van der Waals surface area contributed by atoms with Crippen LogP contribution in [0.15, 0.2) is 48.7 Å². The molecule has 10 heteroatoms. The molecule has 2 aliphatic heterocycles. The van der Waals surface area contributed by atoms with Gasteiger partial charge in [-0.15, -0.1) is 0 Å². The number of hydrogen-bond acceptors (Lipinski definition) is 7. The summed E-state index contributed by atoms with van der Waals surface area (Å²) < 4.78 is 12.9. The van der Waals surface area contributed by atoms with Gasteiger partial charge in [0.25, 0.3) is 11.8 Å². The van der Waals surface area contributed by atoms with Crippen LogP contribution in [0.4, 0.5) is 5.95 Å². The molecule has 0 saturated carbocycles. The Labute approximate surface area is 196 Å². The molecule has 1 saturated heterocycles. The van der Waals surface area contributed by atoms with Crippen LogP contribution in [0, 0.1) is 6.92 Å². The maximum Gasteiger partial charge on any atom is 0.292 e. The summed E-state index contributed by atoms with van der Waals surface area (Å²) in [5.41, 5.74) is 3.17. The molecule has 34 heavy (non-hydrogen) atoms. The second-order valence-corrected chi connectivity index (χ2v) is 8.44. The minimum absolute atomic E-state index is 0.0754. The summed E-state index contributed by atoms with van der Waals surface area (Å²) in [6.07, 6.45) is 6.96. The van der Waals surface area contributed by atoms with Crippen molar-refractivity contribution in [2.75, 3.05) is 31.6 Å². The molecule has 0 bridgehead atoms. The molecule has 2 aromatic heterocycles. The number of likely N-dealkylation sites (tertiary alicyclic amines) is 1. The zero-order valence-electron chi connectivity index (χ0n) is 18.9. The lowest BCUT2D eigenvalue weighted by Gasteiger charge is -2.28. The SMILES string of the molecule is Cc1cccc2nc(NC(=O)c3ccnnc3)n(C3CCCCN(C(=O)C4=COCCO4)C3)c12. The van der Waals surface area contributed by atoms with Gasteiger partial charge in [-0.05, 0) is 43.9 Å². The number of fused-ring (bicyclic) bond motifs is 1. The summed E-state index contributed by atoms with van der Waals surface area (Å²) in [7, 11) is 0. The van der Waals surface area contributed by atoms with E-state index in [1.165, 1.54) is 18.7 Å². The smallest absolute Gasteiger partial charge is 0.292 e. The van der Waals surface area contributed by atoms with E-state index in [9.17, 15) is 9.59 Å². The number of benzene rings is 1. The van der Waals surface area contributed by atoms with Gasteiger partial charge >= 0.3 is 0 Å². The van der Waals surface area contributed by atoms with Crippen molar-refractivity contribution in [2.24, 2.45) is 0 Å². The molecule has 0 radical (unpaired) electrons. The minimum atomic E-state index is -0.316. The third kappa shape index (κ3) is 4.30. The number of aryl methyl sites for hydroxylation is 1. The molecule has 2 amide bonds. The molecule has 4 heterocycles. The summed E-state index contributed by atoms with van der Waals surface area (Å²) in [6, 6.07) is 7.43. The van der Waals surface area contributed by atoms with Crippen molar-refractivity contribution in [3.63, 3.8) is 0 Å². The third-order valence-electron chi connectivity index (χ3n) is 6.14. The molecule has 2 aliphatic rings. The molecule has 1 N–H and O–H groups in total. The number of ether oxygens (including phenoxy) is 2. The van der Waals surface area contributed by atoms with E-state index < -0.39 is 0 Å². The minimum Gasteiger partial charge on any atom is -0.494 e. The molecular formula is C24H26N6O4. The molecule has 1 atom stereocenters. The van der Waals surface area contributed by atoms with E-state index >= 15 is 0 Å². The first-order valence-electron chi connectivity index (χ1n) is 11.4. The van der Waals surface area contributed by atoms with Crippen LogP contribution in [0.25, 0.3) is 11.0 Å². The molecule has 1 aromatic carbocycles. The number of rotatable bonds is 4. The van der Waals surface area contributed by atoms with Crippen LogP contribution in [-0.2, 0) is 14.3 Å². The number of carbonyl (C=O) groups is 2. The molecule has 0 spiro atoms. The number of anilines is 1. The maximum atomic E-state index is 13.1. The van der Waals surface area contributed by atoms with E-state index in [-0.39, 0.29) is 23.6 Å². The Morgan fingerprint density at radius 3 is 2.85 bits per heavy atom. The number of hydrogen-bond donors (Lipinski definition) is 1. The predicted octanol–water partition coefficient (Wildman–Crippen LogP) is 2.83. The first-order chi connectivity index (χ1) is 16.6. The van der Waals surface area contributed by atoms with Crippen LogP contribution >= 0.6 is 0 Å². The Morgan fingerprint density at radius 2 is 2.06 bits per heavy atom. The molecule has 5 rings (SSSR count).